The molecule has 8 nitrogen and oxygen atoms in total. The highest BCUT2D eigenvalue weighted by Crippen LogP contribution is 2.41. The molecule has 1 aliphatic rings. The van der Waals surface area contributed by atoms with Crippen LogP contribution >= 0.6 is 27.5 Å². The van der Waals surface area contributed by atoms with Gasteiger partial charge in [0.25, 0.3) is 5.69 Å². The van der Waals surface area contributed by atoms with Crippen LogP contribution in [0.15, 0.2) is 16.6 Å². The Kier molecular flexibility index (Phi) is 5.09. The molecule has 0 radical (unpaired) electrons. The second-order valence-electron chi connectivity index (χ2n) is 4.74. The summed E-state index contributed by atoms with van der Waals surface area (Å²) in [4.78, 5) is 24.6. The van der Waals surface area contributed by atoms with Gasteiger partial charge in [0, 0.05) is 25.7 Å². The van der Waals surface area contributed by atoms with Gasteiger partial charge in [-0.05, 0) is 22.0 Å². The summed E-state index contributed by atoms with van der Waals surface area (Å²) < 4.78 is 0.379. The average molecular weight is 395 g/mol. The lowest BCUT2D eigenvalue weighted by Gasteiger charge is -2.40. The van der Waals surface area contributed by atoms with Crippen LogP contribution in [0.2, 0.25) is 5.02 Å². The van der Waals surface area contributed by atoms with E-state index in [1.165, 1.54) is 12.1 Å². The van der Waals surface area contributed by atoms with Gasteiger partial charge in [-0.3, -0.25) is 15.0 Å². The summed E-state index contributed by atoms with van der Waals surface area (Å²) in [5, 5.41) is 30.0. The van der Waals surface area contributed by atoms with E-state index in [0.29, 0.717) is 15.2 Å². The fraction of sp³-hybridized carbons (Fsp3) is 0.417. The van der Waals surface area contributed by atoms with Crippen molar-refractivity contribution in [3.63, 3.8) is 0 Å². The third-order valence-corrected chi connectivity index (χ3v) is 4.85. The molecule has 1 heterocycles. The first-order valence-corrected chi connectivity index (χ1v) is 7.51. The molecule has 1 amide bonds. The Hall–Kier alpha value is -1.58. The van der Waals surface area contributed by atoms with Crippen LogP contribution < -0.4 is 4.90 Å². The maximum Gasteiger partial charge on any atom is 0.407 e. The topological polar surface area (TPSA) is 107 Å². The lowest BCUT2D eigenvalue weighted by molar-refractivity contribution is -0.384. The molecule has 0 unspecified atom stereocenters. The molecule has 10 heteroatoms. The minimum absolute atomic E-state index is 0.128. The number of anilines is 1. The SMILES string of the molecule is O=C(O)N1CCN(c2c([N+](=O)[O-])ccc(Cl)c2Br)C[C@@H]1CO. The molecule has 2 rings (SSSR count). The lowest BCUT2D eigenvalue weighted by atomic mass is 10.1. The number of nitro benzene ring substituents is 1. The van der Waals surface area contributed by atoms with Crippen LogP contribution in [-0.2, 0) is 0 Å². The van der Waals surface area contributed by atoms with Crippen LogP contribution in [0, 0.1) is 10.1 Å². The first-order valence-electron chi connectivity index (χ1n) is 6.34. The van der Waals surface area contributed by atoms with E-state index < -0.39 is 17.1 Å². The molecule has 0 saturated carbocycles. The Morgan fingerprint density at radius 2 is 2.18 bits per heavy atom. The van der Waals surface area contributed by atoms with Crippen molar-refractivity contribution >= 4 is 45.0 Å². The Morgan fingerprint density at radius 3 is 2.73 bits per heavy atom. The Balaban J connectivity index is 2.39. The third kappa shape index (κ3) is 3.11. The third-order valence-electron chi connectivity index (χ3n) is 3.50. The van der Waals surface area contributed by atoms with Crippen molar-refractivity contribution in [2.24, 2.45) is 0 Å². The standard InChI is InChI=1S/C12H13BrClN3O5/c13-10-8(14)1-2-9(17(21)22)11(10)15-3-4-16(12(19)20)7(5-15)6-18/h1-2,7,18H,3-6H2,(H,19,20)/t7-/m1/s1. The zero-order chi connectivity index (χ0) is 16.4. The highest BCUT2D eigenvalue weighted by atomic mass is 79.9. The van der Waals surface area contributed by atoms with Crippen molar-refractivity contribution in [3.8, 4) is 0 Å². The van der Waals surface area contributed by atoms with Gasteiger partial charge in [0.2, 0.25) is 0 Å². The Labute approximate surface area is 139 Å². The summed E-state index contributed by atoms with van der Waals surface area (Å²) in [6.07, 6.45) is -1.13. The summed E-state index contributed by atoms with van der Waals surface area (Å²) >= 11 is 9.26. The highest BCUT2D eigenvalue weighted by Gasteiger charge is 2.34. The van der Waals surface area contributed by atoms with Crippen molar-refractivity contribution in [2.75, 3.05) is 31.1 Å². The van der Waals surface area contributed by atoms with Gasteiger partial charge in [0.05, 0.1) is 27.1 Å². The molecule has 22 heavy (non-hydrogen) atoms. The van der Waals surface area contributed by atoms with E-state index in [9.17, 15) is 20.0 Å². The summed E-state index contributed by atoms with van der Waals surface area (Å²) in [7, 11) is 0. The molecule has 0 aromatic heterocycles. The van der Waals surface area contributed by atoms with E-state index in [-0.39, 0.29) is 31.9 Å². The number of aliphatic hydroxyl groups excluding tert-OH is 1. The number of piperazine rings is 1. The van der Waals surface area contributed by atoms with Crippen molar-refractivity contribution in [1.82, 2.24) is 4.90 Å². The number of amides is 1. The lowest BCUT2D eigenvalue weighted by Crippen LogP contribution is -2.56. The zero-order valence-electron chi connectivity index (χ0n) is 11.3. The van der Waals surface area contributed by atoms with E-state index in [1.807, 2.05) is 0 Å². The van der Waals surface area contributed by atoms with Crippen molar-refractivity contribution < 1.29 is 19.9 Å². The molecule has 1 aromatic carbocycles. The smallest absolute Gasteiger partial charge is 0.407 e. The molecule has 1 aromatic rings. The van der Waals surface area contributed by atoms with Crippen LogP contribution in [0.3, 0.4) is 0 Å². The van der Waals surface area contributed by atoms with Gasteiger partial charge in [-0.15, -0.1) is 0 Å². The number of hydrogen-bond acceptors (Lipinski definition) is 5. The second kappa shape index (κ2) is 6.67. The van der Waals surface area contributed by atoms with Crippen molar-refractivity contribution in [3.05, 3.63) is 31.7 Å². The number of halogens is 2. The Bertz CT molecular complexity index is 615. The minimum Gasteiger partial charge on any atom is -0.465 e. The van der Waals surface area contributed by atoms with E-state index in [2.05, 4.69) is 15.9 Å². The van der Waals surface area contributed by atoms with Crippen LogP contribution in [0.1, 0.15) is 0 Å². The zero-order valence-corrected chi connectivity index (χ0v) is 13.6. The predicted molar refractivity (Wildman–Crippen MR) is 83.6 cm³/mol. The van der Waals surface area contributed by atoms with Crippen molar-refractivity contribution in [1.29, 1.82) is 0 Å². The number of rotatable bonds is 3. The number of aliphatic hydroxyl groups is 1. The van der Waals surface area contributed by atoms with Crippen LogP contribution in [0.5, 0.6) is 0 Å². The number of carboxylic acid groups (broad SMARTS) is 1. The molecular weight excluding hydrogens is 382 g/mol. The maximum absolute atomic E-state index is 11.2. The molecule has 1 saturated heterocycles. The Morgan fingerprint density at radius 1 is 1.50 bits per heavy atom. The maximum atomic E-state index is 11.2. The number of benzene rings is 1. The van der Waals surface area contributed by atoms with E-state index >= 15 is 0 Å². The monoisotopic (exact) mass is 393 g/mol. The van der Waals surface area contributed by atoms with Gasteiger partial charge in [-0.1, -0.05) is 11.6 Å². The van der Waals surface area contributed by atoms with Gasteiger partial charge < -0.3 is 15.1 Å². The average Bonchev–Trinajstić information content (AvgIpc) is 2.48. The number of nitro groups is 1. The molecule has 1 aliphatic heterocycles. The van der Waals surface area contributed by atoms with E-state index in [4.69, 9.17) is 16.7 Å². The molecule has 2 N–H and O–H groups in total. The molecular formula is C12H13BrClN3O5. The summed E-state index contributed by atoms with van der Waals surface area (Å²) in [5.41, 5.74) is 0.165. The predicted octanol–water partition coefficient (Wildman–Crippen LogP) is 2.17. The number of nitrogens with zero attached hydrogens (tertiary/aromatic N) is 3. The van der Waals surface area contributed by atoms with Gasteiger partial charge in [-0.25, -0.2) is 4.79 Å². The largest absolute Gasteiger partial charge is 0.465 e. The summed E-state index contributed by atoms with van der Waals surface area (Å²) in [6, 6.07) is 2.07. The summed E-state index contributed by atoms with van der Waals surface area (Å²) in [5.74, 6) is 0. The van der Waals surface area contributed by atoms with Gasteiger partial charge in [0.15, 0.2) is 0 Å². The number of hydrogen-bond donors (Lipinski definition) is 2. The quantitative estimate of drug-likeness (QED) is 0.601. The summed E-state index contributed by atoms with van der Waals surface area (Å²) in [6.45, 7) is 0.177. The van der Waals surface area contributed by atoms with Gasteiger partial charge >= 0.3 is 6.09 Å². The normalized spacial score (nSPS) is 18.4. The fourth-order valence-electron chi connectivity index (χ4n) is 2.44. The van der Waals surface area contributed by atoms with Crippen LogP contribution in [0.4, 0.5) is 16.2 Å². The minimum atomic E-state index is -1.13. The van der Waals surface area contributed by atoms with E-state index in [1.54, 1.807) is 4.90 Å². The van der Waals surface area contributed by atoms with Crippen LogP contribution in [0.25, 0.3) is 0 Å². The van der Waals surface area contributed by atoms with E-state index in [0.717, 1.165) is 4.90 Å². The van der Waals surface area contributed by atoms with Gasteiger partial charge in [0.1, 0.15) is 5.69 Å². The molecule has 120 valence electrons. The highest BCUT2D eigenvalue weighted by molar-refractivity contribution is 9.10. The van der Waals surface area contributed by atoms with Gasteiger partial charge in [-0.2, -0.15) is 0 Å². The second-order valence-corrected chi connectivity index (χ2v) is 5.94. The number of carbonyl (C=O) groups is 1. The van der Waals surface area contributed by atoms with Crippen molar-refractivity contribution in [2.45, 2.75) is 6.04 Å². The molecule has 1 atom stereocenters. The first kappa shape index (κ1) is 16.8. The molecule has 0 aliphatic carbocycles. The molecule has 0 bridgehead atoms. The van der Waals surface area contributed by atoms with Crippen LogP contribution in [-0.4, -0.2) is 58.4 Å². The fourth-order valence-corrected chi connectivity index (χ4v) is 3.18. The molecule has 1 fully saturated rings. The first-order chi connectivity index (χ1) is 10.4. The molecule has 0 spiro atoms.